The quantitative estimate of drug-likeness (QED) is 0.635. The van der Waals surface area contributed by atoms with E-state index in [4.69, 9.17) is 13.9 Å². The van der Waals surface area contributed by atoms with Crippen molar-refractivity contribution < 1.29 is 23.5 Å². The Labute approximate surface area is 197 Å². The van der Waals surface area contributed by atoms with E-state index >= 15 is 0 Å². The third kappa shape index (κ3) is 3.28. The standard InChI is InChI=1S/C26H27N3O5/c1-26(25(31)27-17-5-2-3-6-17)16-28-19(21-7-4-12-32-21)9-10-20(28)24(30)29(26)18-8-11-22-23(15-18)34-14-13-33-22/h4,7-12,15,17H,2-3,5-6,13-14,16H2,1H3,(H,27,31)/t26-/m0/s1. The van der Waals surface area contributed by atoms with E-state index in [9.17, 15) is 9.59 Å². The third-order valence-corrected chi connectivity index (χ3v) is 7.10. The fourth-order valence-electron chi connectivity index (χ4n) is 5.34. The number of nitrogens with zero attached hydrogens (tertiary/aromatic N) is 2. The van der Waals surface area contributed by atoms with Gasteiger partial charge in [0.15, 0.2) is 11.5 Å². The van der Waals surface area contributed by atoms with Crippen LogP contribution in [0.3, 0.4) is 0 Å². The lowest BCUT2D eigenvalue weighted by Crippen LogP contribution is -2.65. The minimum atomic E-state index is -1.16. The van der Waals surface area contributed by atoms with Crippen LogP contribution in [0.25, 0.3) is 11.5 Å². The van der Waals surface area contributed by atoms with Crippen LogP contribution in [-0.4, -0.2) is 41.2 Å². The van der Waals surface area contributed by atoms with Crippen molar-refractivity contribution in [1.82, 2.24) is 9.88 Å². The van der Waals surface area contributed by atoms with Gasteiger partial charge in [0.1, 0.15) is 30.2 Å². The van der Waals surface area contributed by atoms with Gasteiger partial charge in [0.2, 0.25) is 5.91 Å². The van der Waals surface area contributed by atoms with Gasteiger partial charge >= 0.3 is 0 Å². The van der Waals surface area contributed by atoms with E-state index in [1.165, 1.54) is 0 Å². The first-order valence-electron chi connectivity index (χ1n) is 11.8. The molecule has 1 aliphatic carbocycles. The number of carbonyl (C=O) groups excluding carboxylic acids is 2. The Morgan fingerprint density at radius 1 is 1.03 bits per heavy atom. The molecule has 1 saturated carbocycles. The zero-order valence-electron chi connectivity index (χ0n) is 19.1. The number of furan rings is 1. The van der Waals surface area contributed by atoms with Gasteiger partial charge in [0, 0.05) is 17.8 Å². The summed E-state index contributed by atoms with van der Waals surface area (Å²) in [6.07, 6.45) is 5.75. The number of hydrogen-bond donors (Lipinski definition) is 1. The van der Waals surface area contributed by atoms with Gasteiger partial charge in [-0.2, -0.15) is 0 Å². The molecule has 0 radical (unpaired) electrons. The summed E-state index contributed by atoms with van der Waals surface area (Å²) < 4.78 is 18.9. The van der Waals surface area contributed by atoms with Crippen LogP contribution in [0.4, 0.5) is 5.69 Å². The van der Waals surface area contributed by atoms with Crippen molar-refractivity contribution in [3.05, 3.63) is 54.4 Å². The summed E-state index contributed by atoms with van der Waals surface area (Å²) in [6.45, 7) is 3.06. The minimum Gasteiger partial charge on any atom is -0.486 e. The molecule has 3 aromatic rings. The molecule has 34 heavy (non-hydrogen) atoms. The van der Waals surface area contributed by atoms with Crippen LogP contribution in [-0.2, 0) is 11.3 Å². The number of nitrogens with one attached hydrogen (secondary N) is 1. The number of carbonyl (C=O) groups is 2. The van der Waals surface area contributed by atoms with Gasteiger partial charge in [0.05, 0.1) is 18.5 Å². The van der Waals surface area contributed by atoms with Gasteiger partial charge in [-0.3, -0.25) is 14.5 Å². The smallest absolute Gasteiger partial charge is 0.275 e. The molecule has 1 N–H and O–H groups in total. The molecule has 1 aromatic carbocycles. The Bertz CT molecular complexity index is 1240. The molecule has 8 heteroatoms. The average Bonchev–Trinajstić information content (AvgIpc) is 3.61. The van der Waals surface area contributed by atoms with Gasteiger partial charge in [0.25, 0.3) is 5.91 Å². The van der Waals surface area contributed by atoms with Crippen LogP contribution in [0, 0.1) is 0 Å². The van der Waals surface area contributed by atoms with Crippen molar-refractivity contribution >= 4 is 17.5 Å². The van der Waals surface area contributed by atoms with Crippen LogP contribution in [0.1, 0.15) is 43.1 Å². The third-order valence-electron chi connectivity index (χ3n) is 7.10. The van der Waals surface area contributed by atoms with Crippen LogP contribution >= 0.6 is 0 Å². The first kappa shape index (κ1) is 20.9. The van der Waals surface area contributed by atoms with Crippen molar-refractivity contribution in [1.29, 1.82) is 0 Å². The Balaban J connectivity index is 1.45. The van der Waals surface area contributed by atoms with E-state index in [0.29, 0.717) is 48.4 Å². The molecule has 0 bridgehead atoms. The molecule has 1 fully saturated rings. The maximum atomic E-state index is 13.9. The minimum absolute atomic E-state index is 0.136. The number of anilines is 1. The summed E-state index contributed by atoms with van der Waals surface area (Å²) in [5, 5.41) is 3.22. The van der Waals surface area contributed by atoms with Crippen LogP contribution in [0.5, 0.6) is 11.5 Å². The molecule has 6 rings (SSSR count). The maximum absolute atomic E-state index is 13.9. The summed E-state index contributed by atoms with van der Waals surface area (Å²) in [5.41, 5.74) is 0.726. The number of aromatic nitrogens is 1. The van der Waals surface area contributed by atoms with E-state index in [1.54, 1.807) is 29.4 Å². The lowest BCUT2D eigenvalue weighted by Gasteiger charge is -2.44. The van der Waals surface area contributed by atoms with E-state index in [-0.39, 0.29) is 17.9 Å². The van der Waals surface area contributed by atoms with E-state index in [0.717, 1.165) is 31.4 Å². The number of hydrogen-bond acceptors (Lipinski definition) is 5. The average molecular weight is 462 g/mol. The molecule has 0 saturated heterocycles. The Morgan fingerprint density at radius 2 is 1.79 bits per heavy atom. The molecule has 0 unspecified atom stereocenters. The number of ether oxygens (including phenoxy) is 2. The fraction of sp³-hybridized carbons (Fsp3) is 0.385. The molecule has 2 amide bonds. The second-order valence-corrected chi connectivity index (χ2v) is 9.36. The SMILES string of the molecule is C[C@@]1(C(=O)NC2CCCC2)Cn2c(ccc2-c2ccco2)C(=O)N1c1ccc2c(c1)OCCO2. The molecule has 3 aliphatic rings. The molecule has 0 spiro atoms. The molecule has 1 atom stereocenters. The Morgan fingerprint density at radius 3 is 2.56 bits per heavy atom. The van der Waals surface area contributed by atoms with Crippen molar-refractivity contribution in [2.45, 2.75) is 50.7 Å². The number of rotatable bonds is 4. The maximum Gasteiger partial charge on any atom is 0.275 e. The molecule has 2 aromatic heterocycles. The van der Waals surface area contributed by atoms with Gasteiger partial charge in [-0.15, -0.1) is 0 Å². The number of fused-ring (bicyclic) bond motifs is 2. The van der Waals surface area contributed by atoms with E-state index in [1.807, 2.05) is 35.8 Å². The molecule has 8 nitrogen and oxygen atoms in total. The monoisotopic (exact) mass is 461 g/mol. The van der Waals surface area contributed by atoms with Crippen LogP contribution in [0.15, 0.2) is 53.1 Å². The highest BCUT2D eigenvalue weighted by molar-refractivity contribution is 6.12. The normalized spacial score (nSPS) is 22.0. The highest BCUT2D eigenvalue weighted by Gasteiger charge is 2.49. The molecule has 4 heterocycles. The van der Waals surface area contributed by atoms with Crippen LogP contribution < -0.4 is 19.7 Å². The Hall–Kier alpha value is -3.68. The molecule has 176 valence electrons. The second kappa shape index (κ2) is 7.97. The first-order valence-corrected chi connectivity index (χ1v) is 11.8. The predicted octanol–water partition coefficient (Wildman–Crippen LogP) is 4.00. The topological polar surface area (TPSA) is 85.9 Å². The van der Waals surface area contributed by atoms with Gasteiger partial charge < -0.3 is 23.8 Å². The fourth-order valence-corrected chi connectivity index (χ4v) is 5.34. The number of benzene rings is 1. The summed E-state index contributed by atoms with van der Waals surface area (Å²) in [5.74, 6) is 1.47. The summed E-state index contributed by atoms with van der Waals surface area (Å²) in [4.78, 5) is 29.4. The molecular formula is C26H27N3O5. The van der Waals surface area contributed by atoms with Gasteiger partial charge in [-0.1, -0.05) is 12.8 Å². The largest absolute Gasteiger partial charge is 0.486 e. The summed E-state index contributed by atoms with van der Waals surface area (Å²) >= 11 is 0. The van der Waals surface area contributed by atoms with Crippen molar-refractivity contribution in [2.24, 2.45) is 0 Å². The lowest BCUT2D eigenvalue weighted by molar-refractivity contribution is -0.127. The highest BCUT2D eigenvalue weighted by Crippen LogP contribution is 2.40. The van der Waals surface area contributed by atoms with Gasteiger partial charge in [-0.25, -0.2) is 0 Å². The van der Waals surface area contributed by atoms with E-state index in [2.05, 4.69) is 5.32 Å². The van der Waals surface area contributed by atoms with E-state index < -0.39 is 5.54 Å². The van der Waals surface area contributed by atoms with Crippen molar-refractivity contribution in [2.75, 3.05) is 18.1 Å². The van der Waals surface area contributed by atoms with Gasteiger partial charge in [-0.05, 0) is 56.2 Å². The number of amides is 2. The Kier molecular flexibility index (Phi) is 4.90. The second-order valence-electron chi connectivity index (χ2n) is 9.36. The first-order chi connectivity index (χ1) is 16.5. The summed E-state index contributed by atoms with van der Waals surface area (Å²) in [6, 6.07) is 12.9. The van der Waals surface area contributed by atoms with Crippen molar-refractivity contribution in [3.8, 4) is 23.0 Å². The lowest BCUT2D eigenvalue weighted by atomic mass is 9.93. The zero-order valence-corrected chi connectivity index (χ0v) is 19.1. The predicted molar refractivity (Wildman–Crippen MR) is 125 cm³/mol. The van der Waals surface area contributed by atoms with Crippen LogP contribution in [0.2, 0.25) is 0 Å². The summed E-state index contributed by atoms with van der Waals surface area (Å²) in [7, 11) is 0. The molecular weight excluding hydrogens is 434 g/mol. The highest BCUT2D eigenvalue weighted by atomic mass is 16.6. The zero-order chi connectivity index (χ0) is 23.3. The van der Waals surface area contributed by atoms with Crippen molar-refractivity contribution in [3.63, 3.8) is 0 Å². The molecule has 2 aliphatic heterocycles.